The van der Waals surface area contributed by atoms with Crippen LogP contribution in [0.15, 0.2) is 0 Å². The molecule has 0 radical (unpaired) electrons. The monoisotopic (exact) mass is 312 g/mol. The van der Waals surface area contributed by atoms with Crippen molar-refractivity contribution in [2.24, 2.45) is 0 Å². The number of hydrogen-bond donors (Lipinski definition) is 1. The summed E-state index contributed by atoms with van der Waals surface area (Å²) in [6.45, 7) is 2.85. The zero-order valence-electron chi connectivity index (χ0n) is 15.1. The topological polar surface area (TPSA) is 32.8 Å². The molecule has 1 atom stereocenters. The van der Waals surface area contributed by atoms with Crippen molar-refractivity contribution in [3.05, 3.63) is 0 Å². The largest absolute Gasteiger partial charge is 0.364 e. The molecule has 0 amide bonds. The molecule has 1 unspecified atom stereocenters. The molecular formula is C20H40O2. The molecular weight excluding hydrogens is 272 g/mol. The van der Waals surface area contributed by atoms with E-state index in [1.165, 1.54) is 96.3 Å². The van der Waals surface area contributed by atoms with Gasteiger partial charge in [-0.1, -0.05) is 103 Å². The van der Waals surface area contributed by atoms with E-state index < -0.39 is 5.79 Å². The Morgan fingerprint density at radius 3 is 1.27 bits per heavy atom. The van der Waals surface area contributed by atoms with Crippen LogP contribution in [-0.2, 0) is 4.74 Å². The molecule has 0 saturated carbocycles. The highest BCUT2D eigenvalue weighted by atomic mass is 16.7. The second-order valence-corrected chi connectivity index (χ2v) is 7.29. The first kappa shape index (κ1) is 20.0. The Balaban J connectivity index is 1.63. The maximum Gasteiger partial charge on any atom is 0.189 e. The normalized spacial score (nSPS) is 20.5. The zero-order valence-corrected chi connectivity index (χ0v) is 15.1. The lowest BCUT2D eigenvalue weighted by molar-refractivity contribution is 0.0265. The molecule has 1 N–H and O–H groups in total. The molecule has 2 nitrogen and oxygen atoms in total. The minimum absolute atomic E-state index is 0.561. The summed E-state index contributed by atoms with van der Waals surface area (Å²) in [4.78, 5) is 0. The van der Waals surface area contributed by atoms with Crippen molar-refractivity contribution in [1.29, 1.82) is 0 Å². The first-order chi connectivity index (χ1) is 10.8. The van der Waals surface area contributed by atoms with Crippen LogP contribution in [0.2, 0.25) is 0 Å². The first-order valence-electron chi connectivity index (χ1n) is 10.1. The van der Waals surface area contributed by atoms with Gasteiger partial charge in [-0.05, 0) is 6.42 Å². The van der Waals surface area contributed by atoms with Crippen LogP contribution in [0.3, 0.4) is 0 Å². The molecule has 0 aromatic rings. The van der Waals surface area contributed by atoms with Gasteiger partial charge in [0.25, 0.3) is 0 Å². The van der Waals surface area contributed by atoms with Crippen LogP contribution in [0.1, 0.15) is 116 Å². The maximum absolute atomic E-state index is 9.52. The minimum Gasteiger partial charge on any atom is -0.364 e. The summed E-state index contributed by atoms with van der Waals surface area (Å²) in [6, 6.07) is 0. The Morgan fingerprint density at radius 2 is 0.955 bits per heavy atom. The Labute approximate surface area is 139 Å². The molecule has 0 aromatic heterocycles. The van der Waals surface area contributed by atoms with E-state index in [1.54, 1.807) is 0 Å². The molecule has 0 aromatic carbocycles. The zero-order chi connectivity index (χ0) is 15.9. The van der Waals surface area contributed by atoms with Crippen molar-refractivity contribution in [1.82, 2.24) is 0 Å². The molecule has 1 aliphatic rings. The standard InChI is InChI=1S/C20H40O2/c1-2-3-4-5-6-7-8-9-10-11-12-13-14-15-16-17-18-20(21)19-22-20/h21H,2-19H2,1H3. The van der Waals surface area contributed by atoms with E-state index >= 15 is 0 Å². The molecule has 1 rings (SSSR count). The van der Waals surface area contributed by atoms with Gasteiger partial charge < -0.3 is 9.84 Å². The molecule has 1 saturated heterocycles. The summed E-state index contributed by atoms with van der Waals surface area (Å²) < 4.78 is 4.98. The summed E-state index contributed by atoms with van der Waals surface area (Å²) in [7, 11) is 0. The molecule has 0 bridgehead atoms. The summed E-state index contributed by atoms with van der Waals surface area (Å²) in [5, 5.41) is 9.52. The molecule has 2 heteroatoms. The van der Waals surface area contributed by atoms with Crippen LogP contribution in [0, 0.1) is 0 Å². The van der Waals surface area contributed by atoms with Gasteiger partial charge in [-0.2, -0.15) is 0 Å². The second kappa shape index (κ2) is 13.4. The highest BCUT2D eigenvalue weighted by Gasteiger charge is 2.41. The summed E-state index contributed by atoms with van der Waals surface area (Å²) in [6.07, 6.45) is 23.1. The lowest BCUT2D eigenvalue weighted by Crippen LogP contribution is -2.07. The van der Waals surface area contributed by atoms with Gasteiger partial charge in [0.2, 0.25) is 0 Å². The van der Waals surface area contributed by atoms with E-state index in [9.17, 15) is 5.11 Å². The number of unbranched alkanes of at least 4 members (excludes halogenated alkanes) is 15. The van der Waals surface area contributed by atoms with Crippen molar-refractivity contribution in [3.63, 3.8) is 0 Å². The lowest BCUT2D eigenvalue weighted by Gasteiger charge is -2.04. The van der Waals surface area contributed by atoms with Gasteiger partial charge in [0.1, 0.15) is 6.61 Å². The van der Waals surface area contributed by atoms with Crippen molar-refractivity contribution in [3.8, 4) is 0 Å². The van der Waals surface area contributed by atoms with Crippen molar-refractivity contribution in [2.45, 2.75) is 122 Å². The van der Waals surface area contributed by atoms with E-state index in [0.717, 1.165) is 12.8 Å². The van der Waals surface area contributed by atoms with Gasteiger partial charge in [0.15, 0.2) is 5.79 Å². The summed E-state index contributed by atoms with van der Waals surface area (Å²) >= 11 is 0. The SMILES string of the molecule is CCCCCCCCCCCCCCCCCCC1(O)CO1. The fraction of sp³-hybridized carbons (Fsp3) is 1.00. The molecule has 1 heterocycles. The van der Waals surface area contributed by atoms with Gasteiger partial charge in [0, 0.05) is 6.42 Å². The van der Waals surface area contributed by atoms with Crippen LogP contribution >= 0.6 is 0 Å². The first-order valence-corrected chi connectivity index (χ1v) is 10.1. The van der Waals surface area contributed by atoms with Crippen molar-refractivity contribution in [2.75, 3.05) is 6.61 Å². The Morgan fingerprint density at radius 1 is 0.636 bits per heavy atom. The van der Waals surface area contributed by atoms with Crippen LogP contribution in [0.5, 0.6) is 0 Å². The molecule has 132 valence electrons. The van der Waals surface area contributed by atoms with E-state index in [-0.39, 0.29) is 0 Å². The molecule has 22 heavy (non-hydrogen) atoms. The van der Waals surface area contributed by atoms with E-state index in [0.29, 0.717) is 6.61 Å². The number of rotatable bonds is 17. The third-order valence-electron chi connectivity index (χ3n) is 4.90. The highest BCUT2D eigenvalue weighted by molar-refractivity contribution is 4.78. The van der Waals surface area contributed by atoms with Crippen molar-refractivity contribution >= 4 is 0 Å². The number of aliphatic hydroxyl groups is 1. The average Bonchev–Trinajstić information content (AvgIpc) is 3.25. The molecule has 1 fully saturated rings. The van der Waals surface area contributed by atoms with Crippen molar-refractivity contribution < 1.29 is 9.84 Å². The van der Waals surface area contributed by atoms with Crippen LogP contribution in [0.4, 0.5) is 0 Å². The minimum atomic E-state index is -0.712. The average molecular weight is 313 g/mol. The summed E-state index contributed by atoms with van der Waals surface area (Å²) in [5.74, 6) is -0.712. The van der Waals surface area contributed by atoms with Gasteiger partial charge in [-0.15, -0.1) is 0 Å². The molecule has 1 aliphatic heterocycles. The smallest absolute Gasteiger partial charge is 0.189 e. The van der Waals surface area contributed by atoms with Gasteiger partial charge >= 0.3 is 0 Å². The fourth-order valence-electron chi connectivity index (χ4n) is 3.18. The second-order valence-electron chi connectivity index (χ2n) is 7.29. The van der Waals surface area contributed by atoms with Gasteiger partial charge in [0.05, 0.1) is 0 Å². The quantitative estimate of drug-likeness (QED) is 0.250. The predicted octanol–water partition coefficient (Wildman–Crippen LogP) is 6.36. The summed E-state index contributed by atoms with van der Waals surface area (Å²) in [5.41, 5.74) is 0. The lowest BCUT2D eigenvalue weighted by atomic mass is 10.0. The van der Waals surface area contributed by atoms with Crippen LogP contribution in [0.25, 0.3) is 0 Å². The highest BCUT2D eigenvalue weighted by Crippen LogP contribution is 2.29. The molecule has 0 aliphatic carbocycles. The Kier molecular flexibility index (Phi) is 12.1. The third kappa shape index (κ3) is 12.5. The van der Waals surface area contributed by atoms with E-state index in [2.05, 4.69) is 6.92 Å². The van der Waals surface area contributed by atoms with E-state index in [4.69, 9.17) is 4.74 Å². The van der Waals surface area contributed by atoms with Crippen LogP contribution < -0.4 is 0 Å². The number of hydrogen-bond acceptors (Lipinski definition) is 2. The van der Waals surface area contributed by atoms with Gasteiger partial charge in [-0.3, -0.25) is 0 Å². The Hall–Kier alpha value is -0.0800. The van der Waals surface area contributed by atoms with E-state index in [1.807, 2.05) is 0 Å². The van der Waals surface area contributed by atoms with Gasteiger partial charge in [-0.25, -0.2) is 0 Å². The number of epoxide rings is 1. The van der Waals surface area contributed by atoms with Crippen LogP contribution in [-0.4, -0.2) is 17.5 Å². The number of ether oxygens (including phenoxy) is 1. The third-order valence-corrected chi connectivity index (χ3v) is 4.90. The fourth-order valence-corrected chi connectivity index (χ4v) is 3.18. The molecule has 0 spiro atoms. The predicted molar refractivity (Wildman–Crippen MR) is 95.1 cm³/mol. The maximum atomic E-state index is 9.52. The Bertz CT molecular complexity index is 236.